The Hall–Kier alpha value is -2.50. The predicted molar refractivity (Wildman–Crippen MR) is 82.6 cm³/mol. The zero-order chi connectivity index (χ0) is 15.2. The molecule has 2 aromatic rings. The van der Waals surface area contributed by atoms with E-state index in [0.717, 1.165) is 18.9 Å². The van der Waals surface area contributed by atoms with E-state index in [1.165, 1.54) is 12.8 Å². The molecule has 1 aliphatic rings. The molecule has 1 N–H and O–H groups in total. The van der Waals surface area contributed by atoms with Crippen LogP contribution in [-0.2, 0) is 0 Å². The first kappa shape index (κ1) is 14.4. The second-order valence-corrected chi connectivity index (χ2v) is 5.07. The molecular formula is C16H19N3O3. The first-order valence-electron chi connectivity index (χ1n) is 7.43. The molecule has 1 saturated heterocycles. The number of aromatic hydroxyl groups is 1. The Morgan fingerprint density at radius 1 is 1.05 bits per heavy atom. The van der Waals surface area contributed by atoms with E-state index in [4.69, 9.17) is 9.47 Å². The largest absolute Gasteiger partial charge is 0.508 e. The first-order chi connectivity index (χ1) is 10.8. The number of hydrogen-bond donors (Lipinski definition) is 1. The Kier molecular flexibility index (Phi) is 4.58. The molecule has 0 radical (unpaired) electrons. The number of nitrogens with zero attached hydrogens (tertiary/aromatic N) is 3. The summed E-state index contributed by atoms with van der Waals surface area (Å²) in [7, 11) is 0. The third kappa shape index (κ3) is 3.58. The highest BCUT2D eigenvalue weighted by Crippen LogP contribution is 2.26. The standard InChI is InChI=1S/C16H19N3O3/c20-13-4-3-5-14(12-13)21-10-11-22-16-15(17-6-7-18-16)19-8-1-2-9-19/h3-7,12,20H,1-2,8-11H2. The van der Waals surface area contributed by atoms with Crippen molar-refractivity contribution in [1.29, 1.82) is 0 Å². The van der Waals surface area contributed by atoms with Crippen molar-refractivity contribution >= 4 is 5.82 Å². The summed E-state index contributed by atoms with van der Waals surface area (Å²) in [6.07, 6.45) is 5.67. The quantitative estimate of drug-likeness (QED) is 0.825. The lowest BCUT2D eigenvalue weighted by molar-refractivity contribution is 0.211. The van der Waals surface area contributed by atoms with Gasteiger partial charge in [-0.1, -0.05) is 6.07 Å². The third-order valence-corrected chi connectivity index (χ3v) is 3.46. The van der Waals surface area contributed by atoms with Crippen LogP contribution in [0.2, 0.25) is 0 Å². The van der Waals surface area contributed by atoms with Crippen LogP contribution < -0.4 is 14.4 Å². The van der Waals surface area contributed by atoms with Crippen LogP contribution in [0.5, 0.6) is 17.4 Å². The summed E-state index contributed by atoms with van der Waals surface area (Å²) in [5.41, 5.74) is 0. The number of rotatable bonds is 6. The summed E-state index contributed by atoms with van der Waals surface area (Å²) in [4.78, 5) is 10.8. The lowest BCUT2D eigenvalue weighted by atomic mass is 10.3. The van der Waals surface area contributed by atoms with Crippen molar-refractivity contribution in [3.8, 4) is 17.4 Å². The molecule has 3 rings (SSSR count). The van der Waals surface area contributed by atoms with Gasteiger partial charge in [-0.05, 0) is 25.0 Å². The molecule has 6 nitrogen and oxygen atoms in total. The van der Waals surface area contributed by atoms with E-state index in [2.05, 4.69) is 14.9 Å². The molecule has 0 unspecified atom stereocenters. The smallest absolute Gasteiger partial charge is 0.257 e. The number of anilines is 1. The Labute approximate surface area is 129 Å². The summed E-state index contributed by atoms with van der Waals surface area (Å²) in [5, 5.41) is 9.37. The van der Waals surface area contributed by atoms with Crippen molar-refractivity contribution in [2.45, 2.75) is 12.8 Å². The van der Waals surface area contributed by atoms with Crippen molar-refractivity contribution in [3.05, 3.63) is 36.7 Å². The molecule has 0 aliphatic carbocycles. The van der Waals surface area contributed by atoms with E-state index < -0.39 is 0 Å². The normalized spacial score (nSPS) is 14.1. The van der Waals surface area contributed by atoms with Crippen molar-refractivity contribution in [3.63, 3.8) is 0 Å². The van der Waals surface area contributed by atoms with Gasteiger partial charge in [-0.15, -0.1) is 0 Å². The molecule has 116 valence electrons. The number of hydrogen-bond acceptors (Lipinski definition) is 6. The average molecular weight is 301 g/mol. The lowest BCUT2D eigenvalue weighted by Gasteiger charge is -2.18. The Balaban J connectivity index is 1.53. The van der Waals surface area contributed by atoms with Crippen LogP contribution in [0.3, 0.4) is 0 Å². The molecule has 2 heterocycles. The first-order valence-corrected chi connectivity index (χ1v) is 7.43. The van der Waals surface area contributed by atoms with Crippen molar-refractivity contribution in [2.24, 2.45) is 0 Å². The minimum absolute atomic E-state index is 0.184. The highest BCUT2D eigenvalue weighted by atomic mass is 16.5. The maximum Gasteiger partial charge on any atom is 0.257 e. The fourth-order valence-corrected chi connectivity index (χ4v) is 2.44. The number of aromatic nitrogens is 2. The molecule has 1 aromatic heterocycles. The van der Waals surface area contributed by atoms with Crippen LogP contribution in [0.15, 0.2) is 36.7 Å². The molecule has 1 fully saturated rings. The lowest BCUT2D eigenvalue weighted by Crippen LogP contribution is -2.21. The topological polar surface area (TPSA) is 67.7 Å². The van der Waals surface area contributed by atoms with Crippen LogP contribution in [0.25, 0.3) is 0 Å². The summed E-state index contributed by atoms with van der Waals surface area (Å²) < 4.78 is 11.2. The van der Waals surface area contributed by atoms with Crippen LogP contribution in [0, 0.1) is 0 Å². The SMILES string of the molecule is Oc1cccc(OCCOc2nccnc2N2CCCC2)c1. The van der Waals surface area contributed by atoms with Gasteiger partial charge in [-0.2, -0.15) is 0 Å². The third-order valence-electron chi connectivity index (χ3n) is 3.46. The molecule has 6 heteroatoms. The van der Waals surface area contributed by atoms with E-state index in [0.29, 0.717) is 24.8 Å². The summed E-state index contributed by atoms with van der Waals surface area (Å²) in [6, 6.07) is 6.70. The molecule has 1 aliphatic heterocycles. The van der Waals surface area contributed by atoms with Crippen LogP contribution in [0.4, 0.5) is 5.82 Å². The minimum Gasteiger partial charge on any atom is -0.508 e. The molecular weight excluding hydrogens is 282 g/mol. The Bertz CT molecular complexity index is 615. The summed E-state index contributed by atoms with van der Waals surface area (Å²) in [6.45, 7) is 2.73. The van der Waals surface area contributed by atoms with Crippen molar-refractivity contribution in [1.82, 2.24) is 9.97 Å². The number of phenols is 1. The fraction of sp³-hybridized carbons (Fsp3) is 0.375. The van der Waals surface area contributed by atoms with Crippen LogP contribution in [-0.4, -0.2) is 41.4 Å². The summed E-state index contributed by atoms with van der Waals surface area (Å²) >= 11 is 0. The van der Waals surface area contributed by atoms with E-state index in [9.17, 15) is 5.11 Å². The molecule has 1 aromatic carbocycles. The molecule has 0 amide bonds. The molecule has 0 saturated carbocycles. The van der Waals surface area contributed by atoms with Gasteiger partial charge in [0.15, 0.2) is 5.82 Å². The second kappa shape index (κ2) is 6.98. The molecule has 0 spiro atoms. The van der Waals surface area contributed by atoms with Gasteiger partial charge >= 0.3 is 0 Å². The highest BCUT2D eigenvalue weighted by molar-refractivity contribution is 5.48. The maximum absolute atomic E-state index is 9.37. The predicted octanol–water partition coefficient (Wildman–Crippen LogP) is 2.24. The number of ether oxygens (including phenoxy) is 2. The van der Waals surface area contributed by atoms with Gasteiger partial charge < -0.3 is 19.5 Å². The van der Waals surface area contributed by atoms with Crippen LogP contribution in [0.1, 0.15) is 12.8 Å². The van der Waals surface area contributed by atoms with Gasteiger partial charge in [0.2, 0.25) is 0 Å². The Morgan fingerprint density at radius 2 is 1.82 bits per heavy atom. The zero-order valence-electron chi connectivity index (χ0n) is 12.3. The van der Waals surface area contributed by atoms with E-state index >= 15 is 0 Å². The van der Waals surface area contributed by atoms with Crippen LogP contribution >= 0.6 is 0 Å². The van der Waals surface area contributed by atoms with Gasteiger partial charge in [0, 0.05) is 31.5 Å². The zero-order valence-corrected chi connectivity index (χ0v) is 12.3. The highest BCUT2D eigenvalue weighted by Gasteiger charge is 2.18. The van der Waals surface area contributed by atoms with Gasteiger partial charge in [0.05, 0.1) is 0 Å². The van der Waals surface area contributed by atoms with Crippen molar-refractivity contribution < 1.29 is 14.6 Å². The fourth-order valence-electron chi connectivity index (χ4n) is 2.44. The molecule has 0 bridgehead atoms. The van der Waals surface area contributed by atoms with E-state index in [1.54, 1.807) is 36.7 Å². The van der Waals surface area contributed by atoms with Gasteiger partial charge in [0.25, 0.3) is 5.88 Å². The average Bonchev–Trinajstić information content (AvgIpc) is 3.06. The minimum atomic E-state index is 0.184. The molecule has 22 heavy (non-hydrogen) atoms. The second-order valence-electron chi connectivity index (χ2n) is 5.07. The monoisotopic (exact) mass is 301 g/mol. The maximum atomic E-state index is 9.37. The summed E-state index contributed by atoms with van der Waals surface area (Å²) in [5.74, 6) is 2.15. The Morgan fingerprint density at radius 3 is 2.64 bits per heavy atom. The van der Waals surface area contributed by atoms with Gasteiger partial charge in [-0.25, -0.2) is 9.97 Å². The van der Waals surface area contributed by atoms with E-state index in [-0.39, 0.29) is 5.75 Å². The van der Waals surface area contributed by atoms with Gasteiger partial charge in [-0.3, -0.25) is 0 Å². The van der Waals surface area contributed by atoms with E-state index in [1.807, 2.05) is 0 Å². The van der Waals surface area contributed by atoms with Gasteiger partial charge in [0.1, 0.15) is 24.7 Å². The number of benzene rings is 1. The number of phenolic OH excluding ortho intramolecular Hbond substituents is 1. The molecule has 0 atom stereocenters. The van der Waals surface area contributed by atoms with Crippen molar-refractivity contribution in [2.75, 3.05) is 31.2 Å².